The van der Waals surface area contributed by atoms with E-state index in [1.807, 2.05) is 24.3 Å². The number of hydrogen-bond acceptors (Lipinski definition) is 1. The molecule has 0 saturated carbocycles. The highest BCUT2D eigenvalue weighted by atomic mass is 79.9. The molecule has 2 heteroatoms. The quantitative estimate of drug-likeness (QED) is 0.625. The van der Waals surface area contributed by atoms with Gasteiger partial charge in [0.2, 0.25) is 0 Å². The molecule has 0 fully saturated rings. The van der Waals surface area contributed by atoms with Gasteiger partial charge in [-0.05, 0) is 47.7 Å². The number of ether oxygens (including phenoxy) is 1. The van der Waals surface area contributed by atoms with Crippen molar-refractivity contribution >= 4 is 15.9 Å². The summed E-state index contributed by atoms with van der Waals surface area (Å²) in [6.45, 7) is 4.45. The Kier molecular flexibility index (Phi) is 5.03. The second kappa shape index (κ2) is 6.76. The van der Waals surface area contributed by atoms with Crippen molar-refractivity contribution in [2.75, 3.05) is 0 Å². The van der Waals surface area contributed by atoms with Gasteiger partial charge in [0, 0.05) is 5.33 Å². The molecule has 0 N–H and O–H groups in total. The molecule has 0 amide bonds. The van der Waals surface area contributed by atoms with Crippen molar-refractivity contribution in [1.82, 2.24) is 0 Å². The summed E-state index contributed by atoms with van der Waals surface area (Å²) in [5, 5.41) is 0.872. The average molecular weight is 319 g/mol. The summed E-state index contributed by atoms with van der Waals surface area (Å²) in [7, 11) is 0. The van der Waals surface area contributed by atoms with Gasteiger partial charge in [-0.25, -0.2) is 0 Å². The normalized spacial score (nSPS) is 12.2. The lowest BCUT2D eigenvalue weighted by atomic mass is 9.99. The molecule has 0 bridgehead atoms. The summed E-state index contributed by atoms with van der Waals surface area (Å²) in [6.07, 6.45) is 1.16. The van der Waals surface area contributed by atoms with Crippen LogP contribution in [0.4, 0.5) is 0 Å². The van der Waals surface area contributed by atoms with E-state index in [0.717, 1.165) is 23.2 Å². The van der Waals surface area contributed by atoms with E-state index in [4.69, 9.17) is 4.74 Å². The summed E-state index contributed by atoms with van der Waals surface area (Å²) >= 11 is 3.44. The van der Waals surface area contributed by atoms with Crippen LogP contribution in [0.3, 0.4) is 0 Å². The lowest BCUT2D eigenvalue weighted by Gasteiger charge is -2.10. The summed E-state index contributed by atoms with van der Waals surface area (Å²) < 4.78 is 5.83. The molecular weight excluding hydrogens is 300 g/mol. The molecule has 0 saturated heterocycles. The summed E-state index contributed by atoms with van der Waals surface area (Å²) in [6, 6.07) is 16.5. The number of rotatable bonds is 5. The Morgan fingerprint density at radius 1 is 0.947 bits per heavy atom. The van der Waals surface area contributed by atoms with Gasteiger partial charge in [0.15, 0.2) is 0 Å². The summed E-state index contributed by atoms with van der Waals surface area (Å²) in [5.41, 5.74) is 2.61. The van der Waals surface area contributed by atoms with Crippen LogP contribution in [0.2, 0.25) is 0 Å². The predicted molar refractivity (Wildman–Crippen MR) is 84.3 cm³/mol. The maximum atomic E-state index is 5.83. The first-order valence-electron chi connectivity index (χ1n) is 6.65. The van der Waals surface area contributed by atoms with Crippen molar-refractivity contribution in [1.29, 1.82) is 0 Å². The van der Waals surface area contributed by atoms with Crippen molar-refractivity contribution in [2.45, 2.75) is 31.5 Å². The zero-order valence-corrected chi connectivity index (χ0v) is 13.0. The van der Waals surface area contributed by atoms with E-state index in [0.29, 0.717) is 5.92 Å². The van der Waals surface area contributed by atoms with Gasteiger partial charge in [-0.15, -0.1) is 0 Å². The Labute approximate surface area is 123 Å². The Morgan fingerprint density at radius 2 is 1.47 bits per heavy atom. The number of halogens is 1. The van der Waals surface area contributed by atoms with Crippen molar-refractivity contribution in [3.63, 3.8) is 0 Å². The van der Waals surface area contributed by atoms with Crippen LogP contribution < -0.4 is 4.74 Å². The molecule has 0 heterocycles. The fourth-order valence-corrected chi connectivity index (χ4v) is 2.26. The van der Waals surface area contributed by atoms with Crippen LogP contribution in [-0.4, -0.2) is 0 Å². The van der Waals surface area contributed by atoms with Gasteiger partial charge >= 0.3 is 0 Å². The third kappa shape index (κ3) is 3.84. The Balaban J connectivity index is 2.06. The fourth-order valence-electron chi connectivity index (χ4n) is 1.88. The number of benzene rings is 2. The molecule has 1 unspecified atom stereocenters. The largest absolute Gasteiger partial charge is 0.457 e. The van der Waals surface area contributed by atoms with E-state index in [1.165, 1.54) is 11.1 Å². The van der Waals surface area contributed by atoms with Crippen LogP contribution in [0.15, 0.2) is 48.5 Å². The monoisotopic (exact) mass is 318 g/mol. The van der Waals surface area contributed by atoms with Crippen molar-refractivity contribution < 1.29 is 4.74 Å². The van der Waals surface area contributed by atoms with E-state index >= 15 is 0 Å². The third-order valence-corrected chi connectivity index (χ3v) is 4.02. The average Bonchev–Trinajstić information content (AvgIpc) is 2.48. The van der Waals surface area contributed by atoms with E-state index in [-0.39, 0.29) is 0 Å². The van der Waals surface area contributed by atoms with Crippen LogP contribution in [-0.2, 0) is 5.33 Å². The molecule has 0 aromatic heterocycles. The molecular formula is C17H19BrO. The van der Waals surface area contributed by atoms with Crippen LogP contribution in [0.5, 0.6) is 11.5 Å². The Bertz CT molecular complexity index is 502. The standard InChI is InChI=1S/C17H19BrO/c1-3-13(2)15-6-10-17(11-7-15)19-16-8-4-14(12-18)5-9-16/h4-11,13H,3,12H2,1-2H3. The number of hydrogen-bond donors (Lipinski definition) is 0. The third-order valence-electron chi connectivity index (χ3n) is 3.37. The van der Waals surface area contributed by atoms with E-state index in [2.05, 4.69) is 54.0 Å². The minimum absolute atomic E-state index is 0.604. The molecule has 1 atom stereocenters. The molecule has 100 valence electrons. The molecule has 0 aliphatic carbocycles. The molecule has 0 aliphatic rings. The molecule has 2 rings (SSSR count). The van der Waals surface area contributed by atoms with E-state index < -0.39 is 0 Å². The van der Waals surface area contributed by atoms with Gasteiger partial charge in [-0.2, -0.15) is 0 Å². The first-order valence-corrected chi connectivity index (χ1v) is 7.77. The Hall–Kier alpha value is -1.28. The smallest absolute Gasteiger partial charge is 0.127 e. The van der Waals surface area contributed by atoms with Gasteiger partial charge < -0.3 is 4.74 Å². The van der Waals surface area contributed by atoms with Crippen molar-refractivity contribution in [3.8, 4) is 11.5 Å². The van der Waals surface area contributed by atoms with E-state index in [9.17, 15) is 0 Å². The second-order valence-corrected chi connectivity index (χ2v) is 5.32. The molecule has 0 aliphatic heterocycles. The predicted octanol–water partition coefficient (Wildman–Crippen LogP) is 5.89. The first kappa shape index (κ1) is 14.1. The molecule has 1 nitrogen and oxygen atoms in total. The van der Waals surface area contributed by atoms with Gasteiger partial charge in [-0.3, -0.25) is 0 Å². The zero-order valence-electron chi connectivity index (χ0n) is 11.4. The Morgan fingerprint density at radius 3 is 1.95 bits per heavy atom. The molecule has 19 heavy (non-hydrogen) atoms. The molecule has 2 aromatic rings. The van der Waals surface area contributed by atoms with Crippen molar-refractivity contribution in [2.24, 2.45) is 0 Å². The van der Waals surface area contributed by atoms with Gasteiger partial charge in [0.05, 0.1) is 0 Å². The maximum Gasteiger partial charge on any atom is 0.127 e. The van der Waals surface area contributed by atoms with Crippen LogP contribution in [0, 0.1) is 0 Å². The lowest BCUT2D eigenvalue weighted by molar-refractivity contribution is 0.482. The molecule has 0 radical (unpaired) electrons. The highest BCUT2D eigenvalue weighted by Crippen LogP contribution is 2.25. The fraction of sp³-hybridized carbons (Fsp3) is 0.294. The minimum atomic E-state index is 0.604. The number of alkyl halides is 1. The van der Waals surface area contributed by atoms with Gasteiger partial charge in [0.1, 0.15) is 11.5 Å². The topological polar surface area (TPSA) is 9.23 Å². The summed E-state index contributed by atoms with van der Waals surface area (Å²) in [4.78, 5) is 0. The highest BCUT2D eigenvalue weighted by molar-refractivity contribution is 9.08. The highest BCUT2D eigenvalue weighted by Gasteiger charge is 2.03. The van der Waals surface area contributed by atoms with Crippen LogP contribution in [0.1, 0.15) is 37.3 Å². The lowest BCUT2D eigenvalue weighted by Crippen LogP contribution is -1.91. The SMILES string of the molecule is CCC(C)c1ccc(Oc2ccc(CBr)cc2)cc1. The van der Waals surface area contributed by atoms with E-state index in [1.54, 1.807) is 0 Å². The zero-order chi connectivity index (χ0) is 13.7. The minimum Gasteiger partial charge on any atom is -0.457 e. The summed E-state index contributed by atoms with van der Waals surface area (Å²) in [5.74, 6) is 2.37. The van der Waals surface area contributed by atoms with Gasteiger partial charge in [0.25, 0.3) is 0 Å². The van der Waals surface area contributed by atoms with Gasteiger partial charge in [-0.1, -0.05) is 54.0 Å². The molecule has 2 aromatic carbocycles. The van der Waals surface area contributed by atoms with Crippen molar-refractivity contribution in [3.05, 3.63) is 59.7 Å². The molecule has 0 spiro atoms. The van der Waals surface area contributed by atoms with Crippen LogP contribution >= 0.6 is 15.9 Å². The first-order chi connectivity index (χ1) is 9.22. The second-order valence-electron chi connectivity index (χ2n) is 4.76. The van der Waals surface area contributed by atoms with Crippen LogP contribution in [0.25, 0.3) is 0 Å². The maximum absolute atomic E-state index is 5.83.